The van der Waals surface area contributed by atoms with Crippen LogP contribution in [-0.2, 0) is 7.05 Å². The molecule has 3 rings (SSSR count). The molecule has 1 aliphatic heterocycles. The van der Waals surface area contributed by atoms with Crippen LogP contribution in [0.1, 0.15) is 22.5 Å². The molecule has 1 N–H and O–H groups in total. The van der Waals surface area contributed by atoms with Gasteiger partial charge in [0.15, 0.2) is 0 Å². The number of anilines is 1. The molecular formula is C16H22N6O2. The average Bonchev–Trinajstić information content (AvgIpc) is 3.10. The number of carbonyl (C=O) groups excluding carboxylic acids is 1. The van der Waals surface area contributed by atoms with E-state index in [0.717, 1.165) is 0 Å². The van der Waals surface area contributed by atoms with Crippen molar-refractivity contribution in [2.45, 2.75) is 18.9 Å². The second-order valence-electron chi connectivity index (χ2n) is 6.41. The minimum absolute atomic E-state index is 0.136. The van der Waals surface area contributed by atoms with Crippen molar-refractivity contribution in [3.8, 4) is 0 Å². The fourth-order valence-electron chi connectivity index (χ4n) is 3.14. The molecule has 128 valence electrons. The van der Waals surface area contributed by atoms with Crippen molar-refractivity contribution in [1.29, 1.82) is 0 Å². The Morgan fingerprint density at radius 2 is 2.12 bits per heavy atom. The standard InChI is InChI=1S/C16H22N6O2/c1-12-13(9-21(3)19-12)14(23)20(2)10-16(24)5-8-22(11-16)15-17-6-4-7-18-15/h4,6-7,9,24H,5,8,10-11H2,1-3H3/t16-/m0/s1. The predicted molar refractivity (Wildman–Crippen MR) is 88.7 cm³/mol. The van der Waals surface area contributed by atoms with Gasteiger partial charge in [-0.3, -0.25) is 9.48 Å². The third kappa shape index (κ3) is 3.23. The van der Waals surface area contributed by atoms with Crippen LogP contribution < -0.4 is 4.90 Å². The molecule has 1 amide bonds. The van der Waals surface area contributed by atoms with Crippen LogP contribution in [0.25, 0.3) is 0 Å². The summed E-state index contributed by atoms with van der Waals surface area (Å²) in [7, 11) is 3.49. The van der Waals surface area contributed by atoms with E-state index in [0.29, 0.717) is 36.7 Å². The van der Waals surface area contributed by atoms with Gasteiger partial charge in [-0.25, -0.2) is 9.97 Å². The molecule has 24 heavy (non-hydrogen) atoms. The number of aliphatic hydroxyl groups is 1. The highest BCUT2D eigenvalue weighted by Crippen LogP contribution is 2.25. The lowest BCUT2D eigenvalue weighted by molar-refractivity contribution is 0.0263. The molecule has 1 saturated heterocycles. The van der Waals surface area contributed by atoms with Crippen molar-refractivity contribution in [2.75, 3.05) is 31.6 Å². The second kappa shape index (κ2) is 6.20. The third-order valence-corrected chi connectivity index (χ3v) is 4.29. The van der Waals surface area contributed by atoms with Crippen molar-refractivity contribution in [2.24, 2.45) is 7.05 Å². The number of hydrogen-bond acceptors (Lipinski definition) is 6. The largest absolute Gasteiger partial charge is 0.386 e. The highest BCUT2D eigenvalue weighted by Gasteiger charge is 2.39. The fraction of sp³-hybridized carbons (Fsp3) is 0.500. The summed E-state index contributed by atoms with van der Waals surface area (Å²) in [6.07, 6.45) is 5.63. The van der Waals surface area contributed by atoms with E-state index >= 15 is 0 Å². The van der Waals surface area contributed by atoms with Gasteiger partial charge in [-0.15, -0.1) is 0 Å². The molecule has 1 atom stereocenters. The van der Waals surface area contributed by atoms with E-state index in [-0.39, 0.29) is 12.5 Å². The number of rotatable bonds is 4. The molecule has 0 bridgehead atoms. The van der Waals surface area contributed by atoms with E-state index in [1.807, 2.05) is 4.90 Å². The Kier molecular flexibility index (Phi) is 4.23. The Hall–Kier alpha value is -2.48. The molecular weight excluding hydrogens is 308 g/mol. The molecule has 0 spiro atoms. The highest BCUT2D eigenvalue weighted by atomic mass is 16.3. The summed E-state index contributed by atoms with van der Waals surface area (Å²) in [6, 6.07) is 1.76. The molecule has 0 aromatic carbocycles. The van der Waals surface area contributed by atoms with Gasteiger partial charge >= 0.3 is 0 Å². The van der Waals surface area contributed by atoms with Crippen molar-refractivity contribution in [1.82, 2.24) is 24.6 Å². The summed E-state index contributed by atoms with van der Waals surface area (Å²) in [4.78, 5) is 24.5. The number of hydrogen-bond donors (Lipinski definition) is 1. The van der Waals surface area contributed by atoms with E-state index in [1.54, 1.807) is 55.3 Å². The number of carbonyl (C=O) groups is 1. The molecule has 0 aliphatic carbocycles. The van der Waals surface area contributed by atoms with E-state index in [9.17, 15) is 9.90 Å². The van der Waals surface area contributed by atoms with Gasteiger partial charge in [0.25, 0.3) is 5.91 Å². The molecule has 8 heteroatoms. The number of nitrogens with zero attached hydrogens (tertiary/aromatic N) is 6. The lowest BCUT2D eigenvalue weighted by Gasteiger charge is -2.28. The molecule has 1 fully saturated rings. The zero-order valence-electron chi connectivity index (χ0n) is 14.2. The van der Waals surface area contributed by atoms with Gasteiger partial charge in [-0.1, -0.05) is 0 Å². The SMILES string of the molecule is Cc1nn(C)cc1C(=O)N(C)C[C@@]1(O)CCN(c2ncccn2)C1. The lowest BCUT2D eigenvalue weighted by Crippen LogP contribution is -2.46. The Bertz CT molecular complexity index is 731. The topological polar surface area (TPSA) is 87.4 Å². The van der Waals surface area contributed by atoms with E-state index < -0.39 is 5.60 Å². The van der Waals surface area contributed by atoms with Crippen LogP contribution in [0, 0.1) is 6.92 Å². The third-order valence-electron chi connectivity index (χ3n) is 4.29. The van der Waals surface area contributed by atoms with Crippen molar-refractivity contribution in [3.05, 3.63) is 35.9 Å². The van der Waals surface area contributed by atoms with Crippen molar-refractivity contribution < 1.29 is 9.90 Å². The minimum atomic E-state index is -0.972. The Morgan fingerprint density at radius 1 is 1.42 bits per heavy atom. The smallest absolute Gasteiger partial charge is 0.257 e. The van der Waals surface area contributed by atoms with Crippen LogP contribution in [0.4, 0.5) is 5.95 Å². The molecule has 2 aromatic rings. The van der Waals surface area contributed by atoms with Gasteiger partial charge in [0.1, 0.15) is 5.60 Å². The first-order valence-corrected chi connectivity index (χ1v) is 7.88. The van der Waals surface area contributed by atoms with Crippen LogP contribution in [0.5, 0.6) is 0 Å². The number of aryl methyl sites for hydroxylation is 2. The van der Waals surface area contributed by atoms with Gasteiger partial charge in [-0.05, 0) is 19.4 Å². The number of likely N-dealkylation sites (N-methyl/N-ethyl adjacent to an activating group) is 1. The summed E-state index contributed by atoms with van der Waals surface area (Å²) in [5.74, 6) is 0.467. The number of β-amino-alcohol motifs (C(OH)–C–C–N with tert-alkyl or cyclic N) is 1. The molecule has 0 saturated carbocycles. The lowest BCUT2D eigenvalue weighted by atomic mass is 10.0. The van der Waals surface area contributed by atoms with Crippen LogP contribution >= 0.6 is 0 Å². The van der Waals surface area contributed by atoms with Gasteiger partial charge in [0.2, 0.25) is 5.95 Å². The Balaban J connectivity index is 1.67. The maximum Gasteiger partial charge on any atom is 0.257 e. The molecule has 0 radical (unpaired) electrons. The van der Waals surface area contributed by atoms with Crippen LogP contribution in [-0.4, -0.2) is 67.9 Å². The first-order chi connectivity index (χ1) is 11.4. The summed E-state index contributed by atoms with van der Waals surface area (Å²) in [5, 5.41) is 15.0. The minimum Gasteiger partial charge on any atom is -0.386 e. The summed E-state index contributed by atoms with van der Waals surface area (Å²) >= 11 is 0. The fourth-order valence-corrected chi connectivity index (χ4v) is 3.14. The zero-order valence-corrected chi connectivity index (χ0v) is 14.2. The first-order valence-electron chi connectivity index (χ1n) is 7.88. The van der Waals surface area contributed by atoms with E-state index in [2.05, 4.69) is 15.1 Å². The maximum atomic E-state index is 12.6. The summed E-state index contributed by atoms with van der Waals surface area (Å²) in [6.45, 7) is 3.12. The molecule has 8 nitrogen and oxygen atoms in total. The monoisotopic (exact) mass is 330 g/mol. The summed E-state index contributed by atoms with van der Waals surface area (Å²) < 4.78 is 1.62. The number of amides is 1. The van der Waals surface area contributed by atoms with Crippen molar-refractivity contribution >= 4 is 11.9 Å². The highest BCUT2D eigenvalue weighted by molar-refractivity contribution is 5.94. The molecule has 3 heterocycles. The maximum absolute atomic E-state index is 12.6. The number of aromatic nitrogens is 4. The van der Waals surface area contributed by atoms with Gasteiger partial charge in [0.05, 0.1) is 24.3 Å². The average molecular weight is 330 g/mol. The van der Waals surface area contributed by atoms with E-state index in [4.69, 9.17) is 0 Å². The normalized spacial score (nSPS) is 20.4. The quantitative estimate of drug-likeness (QED) is 0.864. The molecule has 1 aliphatic rings. The van der Waals surface area contributed by atoms with Gasteiger partial charge < -0.3 is 14.9 Å². The second-order valence-corrected chi connectivity index (χ2v) is 6.41. The van der Waals surface area contributed by atoms with Gasteiger partial charge in [-0.2, -0.15) is 5.10 Å². The van der Waals surface area contributed by atoms with Crippen LogP contribution in [0.3, 0.4) is 0 Å². The van der Waals surface area contributed by atoms with Gasteiger partial charge in [0, 0.05) is 39.2 Å². The summed E-state index contributed by atoms with van der Waals surface area (Å²) in [5.41, 5.74) is 0.275. The van der Waals surface area contributed by atoms with Crippen molar-refractivity contribution in [3.63, 3.8) is 0 Å². The Labute approximate surface area is 140 Å². The molecule has 2 aromatic heterocycles. The predicted octanol–water partition coefficient (Wildman–Crippen LogP) is 0.232. The van der Waals surface area contributed by atoms with E-state index in [1.165, 1.54) is 0 Å². The van der Waals surface area contributed by atoms with Crippen LogP contribution in [0.15, 0.2) is 24.7 Å². The first kappa shape index (κ1) is 16.4. The Morgan fingerprint density at radius 3 is 2.75 bits per heavy atom. The molecule has 0 unspecified atom stereocenters. The van der Waals surface area contributed by atoms with Crippen LogP contribution in [0.2, 0.25) is 0 Å². The zero-order chi connectivity index (χ0) is 17.3.